The molecule has 0 spiro atoms. The smallest absolute Gasteiger partial charge is 0.407 e. The number of alkyl carbamates (subject to hydrolysis) is 1. The Hall–Kier alpha value is -6.98. The Morgan fingerprint density at radius 2 is 0.772 bits per heavy atom. The van der Waals surface area contributed by atoms with Crippen LogP contribution in [0.1, 0.15) is 23.6 Å². The molecular weight excluding hydrogens is 1320 g/mol. The van der Waals surface area contributed by atoms with Crippen molar-refractivity contribution >= 4 is 40.4 Å². The van der Waals surface area contributed by atoms with Crippen molar-refractivity contribution < 1.29 is 114 Å². The maximum atomic E-state index is 14.0. The number of phenolic OH excluding ortho intramolecular Hbond substituents is 1. The summed E-state index contributed by atoms with van der Waals surface area (Å²) in [7, 11) is 1.64. The van der Waals surface area contributed by atoms with Crippen LogP contribution in [0.5, 0.6) is 11.5 Å². The molecule has 3 atom stereocenters. The summed E-state index contributed by atoms with van der Waals surface area (Å²) < 4.78 is 104. The molecule has 4 amide bonds. The number of carbonyl (C=O) groups excluding carboxylic acids is 4. The number of hydrogen-bond acceptors (Lipinski definition) is 24. The van der Waals surface area contributed by atoms with Crippen molar-refractivity contribution in [1.82, 2.24) is 20.9 Å². The Morgan fingerprint density at radius 3 is 1.20 bits per heavy atom. The van der Waals surface area contributed by atoms with Crippen molar-refractivity contribution in [1.29, 1.82) is 0 Å². The Bertz CT molecular complexity index is 2860. The number of phenols is 1. The summed E-state index contributed by atoms with van der Waals surface area (Å²) >= 11 is 0. The van der Waals surface area contributed by atoms with Gasteiger partial charge < -0.3 is 121 Å². The molecule has 4 aromatic carbocycles. The molecule has 101 heavy (non-hydrogen) atoms. The van der Waals surface area contributed by atoms with Crippen LogP contribution in [0.2, 0.25) is 0 Å². The first kappa shape index (κ1) is 84.7. The van der Waals surface area contributed by atoms with Crippen molar-refractivity contribution in [2.75, 3.05) is 237 Å². The van der Waals surface area contributed by atoms with Crippen molar-refractivity contribution in [3.8, 4) is 11.5 Å². The number of methoxy groups -OCH3 is 1. The highest BCUT2D eigenvalue weighted by Crippen LogP contribution is 2.21. The topological polar surface area (TPSA) is 328 Å². The van der Waals surface area contributed by atoms with Crippen molar-refractivity contribution in [3.63, 3.8) is 0 Å². The molecule has 29 nitrogen and oxygen atoms in total. The molecule has 6 N–H and O–H groups in total. The summed E-state index contributed by atoms with van der Waals surface area (Å²) in [5, 5.41) is 21.6. The molecule has 0 aliphatic heterocycles. The van der Waals surface area contributed by atoms with E-state index in [0.717, 1.165) is 22.0 Å². The number of anilines is 1. The van der Waals surface area contributed by atoms with Crippen LogP contribution in [0.15, 0.2) is 109 Å². The van der Waals surface area contributed by atoms with Gasteiger partial charge in [-0.2, -0.15) is 0 Å². The third-order valence-electron chi connectivity index (χ3n) is 14.3. The fourth-order valence-electron chi connectivity index (χ4n) is 9.01. The fourth-order valence-corrected chi connectivity index (χ4v) is 9.01. The Kier molecular flexibility index (Phi) is 48.2. The molecule has 0 saturated carbocycles. The number of fused-ring (bicyclic) bond motifs is 1. The summed E-state index contributed by atoms with van der Waals surface area (Å²) in [5.74, 6) is -1.21. The van der Waals surface area contributed by atoms with E-state index >= 15 is 0 Å². The van der Waals surface area contributed by atoms with E-state index in [2.05, 4.69) is 26.3 Å². The SMILES string of the molecule is COCCOCCOCCOCCOCCOCCOCCOCCOCCOCCOCCOCCOCCOCCOCCOCCOCCOC(=O)N[C@@H](Cc1ccc(OCc2ccccc2)cc1)C(=O)N[C@@H](C)C(=O)N[C@@H](Cc1c[nH]c2ccccc12)C(=O)Nc1ccc(O)cc1. The van der Waals surface area contributed by atoms with Gasteiger partial charge in [-0.25, -0.2) is 4.79 Å². The van der Waals surface area contributed by atoms with Gasteiger partial charge in [0.2, 0.25) is 17.7 Å². The average Bonchev–Trinajstić information content (AvgIpc) is 1.71. The third-order valence-corrected chi connectivity index (χ3v) is 14.3. The van der Waals surface area contributed by atoms with Gasteiger partial charge in [-0.3, -0.25) is 14.4 Å². The van der Waals surface area contributed by atoms with Crippen molar-refractivity contribution in [2.45, 2.75) is 44.5 Å². The minimum atomic E-state index is -1.19. The predicted molar refractivity (Wildman–Crippen MR) is 372 cm³/mol. The number of H-pyrrole nitrogens is 1. The molecule has 0 bridgehead atoms. The van der Waals surface area contributed by atoms with Gasteiger partial charge in [-0.15, -0.1) is 0 Å². The zero-order valence-corrected chi connectivity index (χ0v) is 58.6. The second-order valence-electron chi connectivity index (χ2n) is 22.1. The van der Waals surface area contributed by atoms with Crippen LogP contribution in [-0.4, -0.2) is 284 Å². The summed E-state index contributed by atoms with van der Waals surface area (Å²) in [4.78, 5) is 58.0. The lowest BCUT2D eigenvalue weighted by Crippen LogP contribution is -2.56. The standard InChI is InChI=1S/C72H107N5O24/c1-58(69(79)76-68(71(81)75-62-14-16-63(78)17-15-62)55-61-56-73-66-11-7-6-10-65(61)66)74-70(80)67(54-59-12-18-64(19-13-59)101-57-60-8-4-3-5-9-60)77-72(82)100-53-52-99-51-50-98-49-48-97-47-46-96-45-44-95-43-42-94-41-40-93-39-38-92-37-36-91-35-34-90-33-32-89-31-30-88-29-28-87-27-26-86-25-24-85-23-22-84-21-20-83-2/h3-19,56,58,67-68,73,78H,20-55,57H2,1-2H3,(H,74,80)(H,75,81)(H,76,79)(H,77,82)/t58-,67-,68-/m0/s1. The average molecular weight is 1430 g/mol. The lowest BCUT2D eigenvalue weighted by atomic mass is 10.0. The van der Waals surface area contributed by atoms with Crippen molar-refractivity contribution in [2.24, 2.45) is 0 Å². The number of rotatable bonds is 65. The summed E-state index contributed by atoms with van der Waals surface area (Å²) in [5.41, 5.74) is 3.73. The number of hydrogen-bond donors (Lipinski definition) is 6. The first-order valence-corrected chi connectivity index (χ1v) is 34.4. The lowest BCUT2D eigenvalue weighted by molar-refractivity contribution is -0.131. The number of carbonyl (C=O) groups is 4. The molecule has 5 rings (SSSR count). The molecule has 0 saturated heterocycles. The number of aromatic hydroxyl groups is 1. The zero-order chi connectivity index (χ0) is 71.5. The number of benzene rings is 4. The number of aromatic amines is 1. The van der Waals surface area contributed by atoms with E-state index in [4.69, 9.17) is 90.0 Å². The zero-order valence-electron chi connectivity index (χ0n) is 58.6. The van der Waals surface area contributed by atoms with Crippen LogP contribution in [0.25, 0.3) is 10.9 Å². The molecular formula is C72H107N5O24. The first-order valence-electron chi connectivity index (χ1n) is 34.4. The highest BCUT2D eigenvalue weighted by Gasteiger charge is 2.29. The lowest BCUT2D eigenvalue weighted by Gasteiger charge is -2.23. The minimum Gasteiger partial charge on any atom is -0.508 e. The Labute approximate surface area is 592 Å². The second-order valence-corrected chi connectivity index (χ2v) is 22.1. The monoisotopic (exact) mass is 1430 g/mol. The molecule has 0 fully saturated rings. The quantitative estimate of drug-likeness (QED) is 0.0223. The van der Waals surface area contributed by atoms with Crippen LogP contribution >= 0.6 is 0 Å². The summed E-state index contributed by atoms with van der Waals surface area (Å²) in [6.45, 7) is 16.3. The fraction of sp³-hybridized carbons (Fsp3) is 0.583. The molecule has 0 aliphatic carbocycles. The molecule has 1 aromatic heterocycles. The molecule has 29 heteroatoms. The predicted octanol–water partition coefficient (Wildman–Crippen LogP) is 4.87. The van der Waals surface area contributed by atoms with E-state index in [9.17, 15) is 24.3 Å². The van der Waals surface area contributed by atoms with Crippen molar-refractivity contribution in [3.05, 3.63) is 126 Å². The van der Waals surface area contributed by atoms with E-state index in [1.54, 1.807) is 37.6 Å². The number of amides is 4. The molecule has 1 heterocycles. The van der Waals surface area contributed by atoms with Gasteiger partial charge in [-0.1, -0.05) is 60.7 Å². The summed E-state index contributed by atoms with van der Waals surface area (Å²) in [6.07, 6.45) is 1.04. The molecule has 0 aliphatic rings. The third kappa shape index (κ3) is 42.3. The Morgan fingerprint density at radius 1 is 0.386 bits per heavy atom. The van der Waals surface area contributed by atoms with Gasteiger partial charge in [0.15, 0.2) is 0 Å². The highest BCUT2D eigenvalue weighted by molar-refractivity contribution is 5.99. The minimum absolute atomic E-state index is 0.0231. The van der Waals surface area contributed by atoms with E-state index in [1.807, 2.05) is 54.6 Å². The maximum absolute atomic E-state index is 14.0. The first-order chi connectivity index (χ1) is 49.7. The largest absolute Gasteiger partial charge is 0.508 e. The van der Waals surface area contributed by atoms with Crippen LogP contribution < -0.4 is 26.0 Å². The van der Waals surface area contributed by atoms with Crippen LogP contribution in [0, 0.1) is 0 Å². The number of para-hydroxylation sites is 1. The molecule has 0 unspecified atom stereocenters. The van der Waals surface area contributed by atoms with Gasteiger partial charge in [-0.05, 0) is 66.1 Å². The Balaban J connectivity index is 0.796. The van der Waals surface area contributed by atoms with Gasteiger partial charge in [0.25, 0.3) is 0 Å². The molecule has 564 valence electrons. The number of ether oxygens (including phenoxy) is 19. The second kappa shape index (κ2) is 57.5. The van der Waals surface area contributed by atoms with E-state index < -0.39 is 41.9 Å². The van der Waals surface area contributed by atoms with Gasteiger partial charge in [0.1, 0.15) is 42.8 Å². The normalized spacial score (nSPS) is 12.3. The van der Waals surface area contributed by atoms with Crippen LogP contribution in [0.3, 0.4) is 0 Å². The maximum Gasteiger partial charge on any atom is 0.407 e. The summed E-state index contributed by atoms with van der Waals surface area (Å²) in [6, 6.07) is 26.9. The highest BCUT2D eigenvalue weighted by atomic mass is 16.6. The number of nitrogens with one attached hydrogen (secondary N) is 5. The number of aromatic nitrogens is 1. The van der Waals surface area contributed by atoms with E-state index in [0.29, 0.717) is 222 Å². The van der Waals surface area contributed by atoms with Gasteiger partial charge in [0, 0.05) is 42.7 Å². The van der Waals surface area contributed by atoms with E-state index in [-0.39, 0.29) is 45.0 Å². The molecule has 5 aromatic rings. The van der Waals surface area contributed by atoms with Gasteiger partial charge >= 0.3 is 6.09 Å². The van der Waals surface area contributed by atoms with Crippen LogP contribution in [-0.2, 0) is 119 Å². The van der Waals surface area contributed by atoms with Gasteiger partial charge in [0.05, 0.1) is 218 Å². The van der Waals surface area contributed by atoms with E-state index in [1.165, 1.54) is 31.2 Å². The molecule has 0 radical (unpaired) electrons. The van der Waals surface area contributed by atoms with Crippen LogP contribution in [0.4, 0.5) is 10.5 Å².